The van der Waals surface area contributed by atoms with Crippen molar-refractivity contribution in [2.45, 2.75) is 32.7 Å². The molecule has 4 aromatic rings. The van der Waals surface area contributed by atoms with Crippen molar-refractivity contribution in [2.75, 3.05) is 0 Å². The Kier molecular flexibility index (Phi) is 6.53. The highest BCUT2D eigenvalue weighted by molar-refractivity contribution is 6.32. The zero-order chi connectivity index (χ0) is 22.7. The zero-order valence-corrected chi connectivity index (χ0v) is 18.7. The van der Waals surface area contributed by atoms with Crippen LogP contribution in [0.4, 0.5) is 0 Å². The fraction of sp³-hybridized carbons (Fsp3) is 0.227. The van der Waals surface area contributed by atoms with E-state index in [0.29, 0.717) is 29.6 Å². The molecule has 0 radical (unpaired) electrons. The molecule has 2 aromatic carbocycles. The van der Waals surface area contributed by atoms with Crippen LogP contribution in [0.25, 0.3) is 22.5 Å². The Morgan fingerprint density at radius 1 is 1.12 bits per heavy atom. The van der Waals surface area contributed by atoms with E-state index in [4.69, 9.17) is 23.2 Å². The molecule has 0 aliphatic carbocycles. The Morgan fingerprint density at radius 3 is 2.56 bits per heavy atom. The number of aromatic amines is 1. The topological polar surface area (TPSA) is 110 Å². The molecule has 0 unspecified atom stereocenters. The first-order valence-electron chi connectivity index (χ1n) is 10.1. The first-order chi connectivity index (χ1) is 15.5. The van der Waals surface area contributed by atoms with Crippen molar-refractivity contribution in [2.24, 2.45) is 0 Å². The van der Waals surface area contributed by atoms with Crippen molar-refractivity contribution in [3.05, 3.63) is 69.7 Å². The number of nitrogens with zero attached hydrogens (tertiary/aromatic N) is 5. The van der Waals surface area contributed by atoms with Gasteiger partial charge in [0.2, 0.25) is 5.82 Å². The predicted octanol–water partition coefficient (Wildman–Crippen LogP) is 5.13. The van der Waals surface area contributed by atoms with Crippen molar-refractivity contribution in [3.63, 3.8) is 0 Å². The number of carbonyl (C=O) groups is 1. The SMILES string of the molecule is CCCCc1nc(Cl)c(C(=O)O)n1Cc1ccc(-c2cc(Cl)ccc2-c2nn[nH]n2)cc1. The number of nitrogens with one attached hydrogen (secondary N) is 1. The number of carboxylic acids is 1. The molecule has 4 rings (SSSR count). The molecular weight excluding hydrogens is 451 g/mol. The number of hydrogen-bond donors (Lipinski definition) is 2. The number of hydrogen-bond acceptors (Lipinski definition) is 5. The summed E-state index contributed by atoms with van der Waals surface area (Å²) < 4.78 is 1.68. The number of rotatable bonds is 8. The number of imidazole rings is 1. The third kappa shape index (κ3) is 4.51. The van der Waals surface area contributed by atoms with Crippen LogP contribution in [-0.4, -0.2) is 41.3 Å². The summed E-state index contributed by atoms with van der Waals surface area (Å²) in [5, 5.41) is 24.5. The highest BCUT2D eigenvalue weighted by Crippen LogP contribution is 2.32. The fourth-order valence-electron chi connectivity index (χ4n) is 3.57. The molecule has 32 heavy (non-hydrogen) atoms. The fourth-order valence-corrected chi connectivity index (χ4v) is 4.02. The molecule has 8 nitrogen and oxygen atoms in total. The van der Waals surface area contributed by atoms with Crippen LogP contribution in [0.1, 0.15) is 41.6 Å². The highest BCUT2D eigenvalue weighted by Gasteiger charge is 2.21. The first-order valence-corrected chi connectivity index (χ1v) is 10.8. The summed E-state index contributed by atoms with van der Waals surface area (Å²) in [4.78, 5) is 16.1. The Morgan fingerprint density at radius 2 is 1.91 bits per heavy atom. The summed E-state index contributed by atoms with van der Waals surface area (Å²) in [6.45, 7) is 2.43. The number of aromatic carboxylic acids is 1. The first kappa shape index (κ1) is 22.0. The van der Waals surface area contributed by atoms with Crippen LogP contribution in [0, 0.1) is 0 Å². The molecule has 0 saturated heterocycles. The minimum atomic E-state index is -1.09. The second-order valence-corrected chi connectivity index (χ2v) is 8.08. The summed E-state index contributed by atoms with van der Waals surface area (Å²) in [5.74, 6) is 0.0542. The summed E-state index contributed by atoms with van der Waals surface area (Å²) in [6, 6.07) is 13.3. The van der Waals surface area contributed by atoms with E-state index in [0.717, 1.165) is 35.1 Å². The van der Waals surface area contributed by atoms with Crippen molar-refractivity contribution < 1.29 is 9.90 Å². The highest BCUT2D eigenvalue weighted by atomic mass is 35.5. The smallest absolute Gasteiger partial charge is 0.355 e. The van der Waals surface area contributed by atoms with Crippen molar-refractivity contribution in [1.82, 2.24) is 30.2 Å². The third-order valence-corrected chi connectivity index (χ3v) is 5.63. The monoisotopic (exact) mass is 470 g/mol. The average molecular weight is 471 g/mol. The van der Waals surface area contributed by atoms with E-state index in [1.807, 2.05) is 36.4 Å². The number of H-pyrrole nitrogens is 1. The number of halogens is 2. The van der Waals surface area contributed by atoms with E-state index < -0.39 is 5.97 Å². The Balaban J connectivity index is 1.67. The van der Waals surface area contributed by atoms with Gasteiger partial charge in [-0.3, -0.25) is 0 Å². The number of unbranched alkanes of at least 4 members (excludes halogenated alkanes) is 1. The van der Waals surface area contributed by atoms with Crippen molar-refractivity contribution >= 4 is 29.2 Å². The lowest BCUT2D eigenvalue weighted by Gasteiger charge is -2.12. The van der Waals surface area contributed by atoms with Gasteiger partial charge in [0.1, 0.15) is 5.82 Å². The molecule has 0 saturated carbocycles. The molecule has 10 heteroatoms. The Hall–Kier alpha value is -3.23. The van der Waals surface area contributed by atoms with Crippen molar-refractivity contribution in [3.8, 4) is 22.5 Å². The Bertz CT molecular complexity index is 1240. The number of benzene rings is 2. The lowest BCUT2D eigenvalue weighted by atomic mass is 9.98. The minimum absolute atomic E-state index is 0.0103. The third-order valence-electron chi connectivity index (χ3n) is 5.13. The average Bonchev–Trinajstić information content (AvgIpc) is 3.41. The maximum atomic E-state index is 11.8. The molecule has 0 spiro atoms. The van der Waals surface area contributed by atoms with Crippen LogP contribution >= 0.6 is 23.2 Å². The van der Waals surface area contributed by atoms with Gasteiger partial charge in [-0.2, -0.15) is 5.21 Å². The van der Waals surface area contributed by atoms with Gasteiger partial charge in [0, 0.05) is 23.6 Å². The molecule has 2 aromatic heterocycles. The Labute approximate surface area is 194 Å². The van der Waals surface area contributed by atoms with Gasteiger partial charge in [-0.05, 0) is 46.5 Å². The number of aromatic nitrogens is 6. The normalized spacial score (nSPS) is 11.1. The second-order valence-electron chi connectivity index (χ2n) is 7.28. The maximum Gasteiger partial charge on any atom is 0.355 e. The molecule has 2 N–H and O–H groups in total. The molecule has 0 amide bonds. The van der Waals surface area contributed by atoms with Crippen LogP contribution in [-0.2, 0) is 13.0 Å². The van der Waals surface area contributed by atoms with Crippen LogP contribution in [0.2, 0.25) is 10.2 Å². The quantitative estimate of drug-likeness (QED) is 0.369. The van der Waals surface area contributed by atoms with Gasteiger partial charge in [0.05, 0.1) is 0 Å². The van der Waals surface area contributed by atoms with E-state index in [9.17, 15) is 9.90 Å². The number of aryl methyl sites for hydroxylation is 1. The standard InChI is InChI=1S/C22H20Cl2N6O2/c1-2-3-4-18-25-20(24)19(22(31)32)30(18)12-13-5-7-14(8-6-13)17-11-15(23)9-10-16(17)21-26-28-29-27-21/h5-11H,2-4,12H2,1H3,(H,31,32)(H,26,27,28,29). The number of tetrazole rings is 1. The molecule has 0 bridgehead atoms. The lowest BCUT2D eigenvalue weighted by molar-refractivity contribution is 0.0685. The van der Waals surface area contributed by atoms with Gasteiger partial charge in [0.15, 0.2) is 10.8 Å². The van der Waals surface area contributed by atoms with Gasteiger partial charge in [-0.1, -0.05) is 60.8 Å². The largest absolute Gasteiger partial charge is 0.476 e. The molecule has 0 atom stereocenters. The molecule has 0 aliphatic heterocycles. The molecular formula is C22H20Cl2N6O2. The maximum absolute atomic E-state index is 11.8. The van der Waals surface area contributed by atoms with Gasteiger partial charge in [0.25, 0.3) is 0 Å². The molecule has 0 aliphatic rings. The lowest BCUT2D eigenvalue weighted by Crippen LogP contribution is -2.13. The van der Waals surface area contributed by atoms with Gasteiger partial charge < -0.3 is 9.67 Å². The van der Waals surface area contributed by atoms with E-state index in [1.54, 1.807) is 10.6 Å². The van der Waals surface area contributed by atoms with Crippen LogP contribution in [0.15, 0.2) is 42.5 Å². The van der Waals surface area contributed by atoms with Crippen LogP contribution in [0.5, 0.6) is 0 Å². The van der Waals surface area contributed by atoms with Crippen LogP contribution < -0.4 is 0 Å². The van der Waals surface area contributed by atoms with Gasteiger partial charge in [-0.25, -0.2) is 9.78 Å². The molecule has 2 heterocycles. The summed E-state index contributed by atoms with van der Waals surface area (Å²) in [6.07, 6.45) is 2.54. The van der Waals surface area contributed by atoms with E-state index in [1.165, 1.54) is 0 Å². The van der Waals surface area contributed by atoms with Gasteiger partial charge in [-0.15, -0.1) is 10.2 Å². The summed E-state index contributed by atoms with van der Waals surface area (Å²) in [7, 11) is 0. The van der Waals surface area contributed by atoms with E-state index >= 15 is 0 Å². The molecule has 0 fully saturated rings. The van der Waals surface area contributed by atoms with Crippen LogP contribution in [0.3, 0.4) is 0 Å². The number of carboxylic acid groups (broad SMARTS) is 1. The second kappa shape index (κ2) is 9.50. The summed E-state index contributed by atoms with van der Waals surface area (Å²) >= 11 is 12.4. The van der Waals surface area contributed by atoms with E-state index in [-0.39, 0.29) is 10.8 Å². The zero-order valence-electron chi connectivity index (χ0n) is 17.2. The molecule has 164 valence electrons. The predicted molar refractivity (Wildman–Crippen MR) is 122 cm³/mol. The van der Waals surface area contributed by atoms with Crippen molar-refractivity contribution in [1.29, 1.82) is 0 Å². The summed E-state index contributed by atoms with van der Waals surface area (Å²) in [5.41, 5.74) is 3.52. The minimum Gasteiger partial charge on any atom is -0.476 e. The van der Waals surface area contributed by atoms with E-state index in [2.05, 4.69) is 32.5 Å². The van der Waals surface area contributed by atoms with Gasteiger partial charge >= 0.3 is 5.97 Å².